The summed E-state index contributed by atoms with van der Waals surface area (Å²) >= 11 is 0. The molecule has 9 nitrogen and oxygen atoms in total. The number of carbonyl (C=O) groups excluding carboxylic acids is 1. The molecule has 2 heterocycles. The fraction of sp³-hybridized carbons (Fsp3) is 0.517. The number of amides is 1. The van der Waals surface area contributed by atoms with E-state index in [4.69, 9.17) is 10.5 Å². The van der Waals surface area contributed by atoms with Crippen molar-refractivity contribution in [2.45, 2.75) is 84.7 Å². The second kappa shape index (κ2) is 12.6. The maximum atomic E-state index is 13.7. The van der Waals surface area contributed by atoms with Gasteiger partial charge in [0.2, 0.25) is 0 Å². The number of alkyl halides is 6. The van der Waals surface area contributed by atoms with Gasteiger partial charge in [-0.05, 0) is 73.7 Å². The zero-order valence-corrected chi connectivity index (χ0v) is 24.9. The smallest absolute Gasteiger partial charge is 0.416 e. The third kappa shape index (κ3) is 7.25. The van der Waals surface area contributed by atoms with E-state index < -0.39 is 54.3 Å². The van der Waals surface area contributed by atoms with E-state index in [1.54, 1.807) is 24.8 Å². The van der Waals surface area contributed by atoms with Crippen LogP contribution in [0.2, 0.25) is 0 Å². The number of fused-ring (bicyclic) bond motifs is 1. The number of halogens is 6. The molecule has 0 aliphatic carbocycles. The molecule has 0 radical (unpaired) electrons. The van der Waals surface area contributed by atoms with Gasteiger partial charge in [0.25, 0.3) is 5.95 Å². The molecule has 1 aromatic heterocycles. The minimum Gasteiger partial charge on any atom is -0.446 e. The van der Waals surface area contributed by atoms with Crippen LogP contribution in [-0.2, 0) is 30.2 Å². The summed E-state index contributed by atoms with van der Waals surface area (Å²) in [5.74, 6) is -0.123. The molecule has 0 spiro atoms. The number of hydrogen-bond donors (Lipinski definition) is 1. The van der Waals surface area contributed by atoms with Gasteiger partial charge >= 0.3 is 18.4 Å². The molecule has 15 heteroatoms. The van der Waals surface area contributed by atoms with Crippen LogP contribution in [0.4, 0.5) is 42.8 Å². The lowest BCUT2D eigenvalue weighted by Crippen LogP contribution is -2.50. The van der Waals surface area contributed by atoms with Crippen LogP contribution in [0, 0.1) is 12.8 Å². The Hall–Kier alpha value is -3.88. The van der Waals surface area contributed by atoms with Gasteiger partial charge in [-0.2, -0.15) is 31.1 Å². The summed E-state index contributed by atoms with van der Waals surface area (Å²) < 4.78 is 88.1. The fourth-order valence-corrected chi connectivity index (χ4v) is 5.35. The zero-order valence-electron chi connectivity index (χ0n) is 24.9. The van der Waals surface area contributed by atoms with Gasteiger partial charge in [-0.3, -0.25) is 4.90 Å². The number of aromatic nitrogens is 4. The first-order valence-corrected chi connectivity index (χ1v) is 14.1. The first kappa shape index (κ1) is 33.0. The van der Waals surface area contributed by atoms with Crippen LogP contribution < -0.4 is 15.5 Å². The Labute approximate surface area is 250 Å². The van der Waals surface area contributed by atoms with Crippen molar-refractivity contribution in [2.75, 3.05) is 16.3 Å². The molecule has 2 N–H and O–H groups in total. The first-order chi connectivity index (χ1) is 20.5. The average molecular weight is 628 g/mol. The normalized spacial score (nSPS) is 17.3. The Balaban J connectivity index is 1.91. The Morgan fingerprint density at radius 2 is 1.68 bits per heavy atom. The Bertz CT molecular complexity index is 1440. The molecular weight excluding hydrogens is 592 g/mol. The van der Waals surface area contributed by atoms with E-state index in [1.165, 1.54) is 9.70 Å². The second-order valence-electron chi connectivity index (χ2n) is 11.4. The van der Waals surface area contributed by atoms with Crippen LogP contribution in [-0.4, -0.2) is 45.0 Å². The lowest BCUT2D eigenvalue weighted by atomic mass is 9.84. The number of nitrogens with two attached hydrogens (primary N) is 1. The number of aryl methyl sites for hydroxylation is 1. The molecule has 2 atom stereocenters. The number of carbonyl (C=O) groups is 1. The highest BCUT2D eigenvalue weighted by atomic mass is 19.4. The summed E-state index contributed by atoms with van der Waals surface area (Å²) in [6.45, 7) is 9.07. The van der Waals surface area contributed by atoms with Gasteiger partial charge in [-0.15, -0.1) is 5.10 Å². The summed E-state index contributed by atoms with van der Waals surface area (Å²) in [6.07, 6.45) is -10.7. The molecule has 4 rings (SSSR count). The molecule has 0 saturated carbocycles. The molecule has 0 saturated heterocycles. The van der Waals surface area contributed by atoms with Crippen LogP contribution in [0.15, 0.2) is 36.4 Å². The SMILES string of the molecule is Cc1ccc2c(c1)[C@@H](N(Cc1cc(C(F)(F)F)cc(C(F)(F)F)c1)c1nnn(CCN)n1)C[C@@H](C(C)C)N2C(=O)OC(C)C. The van der Waals surface area contributed by atoms with Gasteiger partial charge in [0.05, 0.1) is 35.5 Å². The maximum absolute atomic E-state index is 13.7. The highest BCUT2D eigenvalue weighted by Gasteiger charge is 2.43. The van der Waals surface area contributed by atoms with Crippen molar-refractivity contribution in [1.29, 1.82) is 0 Å². The third-order valence-corrected chi connectivity index (χ3v) is 7.31. The molecule has 0 fully saturated rings. The van der Waals surface area contributed by atoms with E-state index in [2.05, 4.69) is 15.4 Å². The van der Waals surface area contributed by atoms with Gasteiger partial charge in [-0.1, -0.05) is 36.6 Å². The topological polar surface area (TPSA) is 102 Å². The van der Waals surface area contributed by atoms with E-state index >= 15 is 0 Å². The maximum Gasteiger partial charge on any atom is 0.416 e. The van der Waals surface area contributed by atoms with Crippen LogP contribution in [0.5, 0.6) is 0 Å². The van der Waals surface area contributed by atoms with Gasteiger partial charge in [0.1, 0.15) is 0 Å². The molecule has 3 aromatic rings. The molecule has 0 bridgehead atoms. The van der Waals surface area contributed by atoms with Crippen LogP contribution in [0.1, 0.15) is 68.0 Å². The van der Waals surface area contributed by atoms with Crippen molar-refractivity contribution in [2.24, 2.45) is 11.7 Å². The van der Waals surface area contributed by atoms with E-state index in [0.29, 0.717) is 23.4 Å². The van der Waals surface area contributed by atoms with Gasteiger partial charge in [0.15, 0.2) is 0 Å². The summed E-state index contributed by atoms with van der Waals surface area (Å²) in [6, 6.07) is 5.77. The molecule has 1 amide bonds. The number of anilines is 2. The quantitative estimate of drug-likeness (QED) is 0.284. The molecule has 2 aromatic carbocycles. The number of hydrogen-bond acceptors (Lipinski definition) is 7. The van der Waals surface area contributed by atoms with Crippen molar-refractivity contribution in [1.82, 2.24) is 20.2 Å². The number of tetrazole rings is 1. The van der Waals surface area contributed by atoms with Crippen molar-refractivity contribution in [3.8, 4) is 0 Å². The van der Waals surface area contributed by atoms with E-state index in [1.807, 2.05) is 32.9 Å². The lowest BCUT2D eigenvalue weighted by molar-refractivity contribution is -0.143. The number of nitrogens with zero attached hydrogens (tertiary/aromatic N) is 6. The Kier molecular flexibility index (Phi) is 9.47. The van der Waals surface area contributed by atoms with Crippen LogP contribution in [0.25, 0.3) is 0 Å². The average Bonchev–Trinajstić information content (AvgIpc) is 3.37. The molecule has 240 valence electrons. The lowest BCUT2D eigenvalue weighted by Gasteiger charge is -2.45. The number of benzene rings is 2. The summed E-state index contributed by atoms with van der Waals surface area (Å²) in [7, 11) is 0. The standard InChI is InChI=1S/C29H35F6N7O2/c1-16(2)24-14-25(22-10-18(5)6-7-23(22)42(24)27(43)44-17(3)4)40(26-37-39-41(38-26)9-8-36)15-19-11-20(28(30,31)32)13-21(12-19)29(33,34)35/h6-7,10-13,16-17,24-25H,8-9,14-15,36H2,1-5H3/t24-,25-/m0/s1. The summed E-state index contributed by atoms with van der Waals surface area (Å²) in [4.78, 5) is 17.7. The predicted octanol–water partition coefficient (Wildman–Crippen LogP) is 6.51. The Morgan fingerprint density at radius 1 is 1.05 bits per heavy atom. The van der Waals surface area contributed by atoms with Gasteiger partial charge in [-0.25, -0.2) is 4.79 Å². The first-order valence-electron chi connectivity index (χ1n) is 14.1. The van der Waals surface area contributed by atoms with Gasteiger partial charge in [0, 0.05) is 19.1 Å². The fourth-order valence-electron chi connectivity index (χ4n) is 5.35. The number of ether oxygens (including phenoxy) is 1. The highest BCUT2D eigenvalue weighted by molar-refractivity contribution is 5.90. The van der Waals surface area contributed by atoms with Crippen LogP contribution >= 0.6 is 0 Å². The van der Waals surface area contributed by atoms with E-state index in [-0.39, 0.29) is 43.0 Å². The molecule has 1 aliphatic heterocycles. The highest BCUT2D eigenvalue weighted by Crippen LogP contribution is 2.45. The number of rotatable bonds is 8. The summed E-state index contributed by atoms with van der Waals surface area (Å²) in [5, 5.41) is 12.5. The minimum atomic E-state index is -5.02. The third-order valence-electron chi connectivity index (χ3n) is 7.31. The minimum absolute atomic E-state index is 0.0115. The monoisotopic (exact) mass is 627 g/mol. The van der Waals surface area contributed by atoms with Gasteiger partial charge < -0.3 is 15.4 Å². The van der Waals surface area contributed by atoms with Crippen molar-refractivity contribution >= 4 is 17.7 Å². The second-order valence-corrected chi connectivity index (χ2v) is 11.4. The predicted molar refractivity (Wildman–Crippen MR) is 151 cm³/mol. The molecule has 44 heavy (non-hydrogen) atoms. The largest absolute Gasteiger partial charge is 0.446 e. The Morgan fingerprint density at radius 3 is 2.23 bits per heavy atom. The molecule has 0 unspecified atom stereocenters. The van der Waals surface area contributed by atoms with Crippen molar-refractivity contribution in [3.63, 3.8) is 0 Å². The van der Waals surface area contributed by atoms with E-state index in [9.17, 15) is 31.1 Å². The zero-order chi connectivity index (χ0) is 32.6. The van der Waals surface area contributed by atoms with Crippen molar-refractivity contribution in [3.05, 3.63) is 64.2 Å². The molecule has 1 aliphatic rings. The summed E-state index contributed by atoms with van der Waals surface area (Å²) in [5.41, 5.74) is 4.48. The van der Waals surface area contributed by atoms with E-state index in [0.717, 1.165) is 5.56 Å². The van der Waals surface area contributed by atoms with Crippen molar-refractivity contribution < 1.29 is 35.9 Å². The van der Waals surface area contributed by atoms with Crippen LogP contribution in [0.3, 0.4) is 0 Å². The molecular formula is C29H35F6N7O2.